The lowest BCUT2D eigenvalue weighted by Gasteiger charge is -1.94. The molecule has 1 aromatic heterocycles. The van der Waals surface area contributed by atoms with E-state index in [0.29, 0.717) is 11.7 Å². The van der Waals surface area contributed by atoms with Crippen LogP contribution in [0, 0.1) is 0 Å². The highest BCUT2D eigenvalue weighted by molar-refractivity contribution is 7.98. The molecule has 0 amide bonds. The summed E-state index contributed by atoms with van der Waals surface area (Å²) < 4.78 is 5.18. The monoisotopic (exact) mass is 250 g/mol. The maximum Gasteiger partial charge on any atom is 0.257 e. The van der Waals surface area contributed by atoms with Gasteiger partial charge in [0.2, 0.25) is 0 Å². The summed E-state index contributed by atoms with van der Waals surface area (Å²) in [5.74, 6) is 2.89. The molecule has 0 aliphatic carbocycles. The Bertz CT molecular complexity index is 445. The lowest BCUT2D eigenvalue weighted by atomic mass is 10.2. The molecule has 4 nitrogen and oxygen atoms in total. The Hall–Kier alpha value is -1.33. The summed E-state index contributed by atoms with van der Waals surface area (Å²) in [5.41, 5.74) is 0.937. The normalized spacial score (nSPS) is 10.6. The summed E-state index contributed by atoms with van der Waals surface area (Å²) in [7, 11) is 0. The van der Waals surface area contributed by atoms with Gasteiger partial charge in [0.15, 0.2) is 5.82 Å². The van der Waals surface area contributed by atoms with E-state index in [0.717, 1.165) is 23.5 Å². The number of aliphatic hydroxyl groups is 1. The summed E-state index contributed by atoms with van der Waals surface area (Å²) in [4.78, 5) is 4.32. The van der Waals surface area contributed by atoms with Crippen molar-refractivity contribution in [3.05, 3.63) is 36.2 Å². The molecule has 0 fully saturated rings. The third-order valence-corrected chi connectivity index (χ3v) is 3.21. The van der Waals surface area contributed by atoms with E-state index in [9.17, 15) is 0 Å². The highest BCUT2D eigenvalue weighted by Crippen LogP contribution is 2.18. The Morgan fingerprint density at radius 2 is 2.06 bits per heavy atom. The van der Waals surface area contributed by atoms with E-state index in [1.807, 2.05) is 30.3 Å². The van der Waals surface area contributed by atoms with Crippen LogP contribution in [0.4, 0.5) is 0 Å². The maximum absolute atomic E-state index is 8.65. The van der Waals surface area contributed by atoms with Crippen LogP contribution in [-0.4, -0.2) is 27.6 Å². The van der Waals surface area contributed by atoms with Crippen molar-refractivity contribution in [3.8, 4) is 11.5 Å². The largest absolute Gasteiger partial charge is 0.396 e. The van der Waals surface area contributed by atoms with Gasteiger partial charge in [-0.25, -0.2) is 0 Å². The minimum absolute atomic E-state index is 0.231. The predicted octanol–water partition coefficient (Wildman–Crippen LogP) is 2.35. The molecule has 17 heavy (non-hydrogen) atoms. The standard InChI is InChI=1S/C12H14N2O2S/c15-7-4-8-17-9-11-13-12(16-14-11)10-5-2-1-3-6-10/h1-3,5-6,15H,4,7-9H2. The molecule has 90 valence electrons. The van der Waals surface area contributed by atoms with Gasteiger partial charge in [0, 0.05) is 12.2 Å². The van der Waals surface area contributed by atoms with Crippen molar-refractivity contribution in [2.45, 2.75) is 12.2 Å². The zero-order valence-electron chi connectivity index (χ0n) is 9.37. The number of benzene rings is 1. The topological polar surface area (TPSA) is 59.2 Å². The first-order valence-electron chi connectivity index (χ1n) is 5.47. The van der Waals surface area contributed by atoms with Gasteiger partial charge in [0.25, 0.3) is 5.89 Å². The molecular weight excluding hydrogens is 236 g/mol. The Morgan fingerprint density at radius 1 is 1.24 bits per heavy atom. The summed E-state index contributed by atoms with van der Waals surface area (Å²) >= 11 is 1.69. The molecule has 0 atom stereocenters. The number of rotatable bonds is 6. The highest BCUT2D eigenvalue weighted by atomic mass is 32.2. The number of thioether (sulfide) groups is 1. The van der Waals surface area contributed by atoms with Crippen LogP contribution < -0.4 is 0 Å². The molecule has 0 bridgehead atoms. The molecule has 2 rings (SSSR count). The summed E-state index contributed by atoms with van der Waals surface area (Å²) in [6.07, 6.45) is 0.800. The van der Waals surface area contributed by atoms with E-state index in [-0.39, 0.29) is 6.61 Å². The van der Waals surface area contributed by atoms with Crippen LogP contribution >= 0.6 is 11.8 Å². The van der Waals surface area contributed by atoms with Gasteiger partial charge in [-0.15, -0.1) is 0 Å². The van der Waals surface area contributed by atoms with Crippen LogP contribution in [-0.2, 0) is 5.75 Å². The molecule has 0 aliphatic rings. The molecule has 1 heterocycles. The van der Waals surface area contributed by atoms with Crippen molar-refractivity contribution in [1.82, 2.24) is 10.1 Å². The molecule has 0 saturated heterocycles. The second-order valence-electron chi connectivity index (χ2n) is 3.51. The smallest absolute Gasteiger partial charge is 0.257 e. The van der Waals surface area contributed by atoms with Crippen LogP contribution in [0.15, 0.2) is 34.9 Å². The fourth-order valence-electron chi connectivity index (χ4n) is 1.34. The van der Waals surface area contributed by atoms with Crippen molar-refractivity contribution in [3.63, 3.8) is 0 Å². The van der Waals surface area contributed by atoms with E-state index in [2.05, 4.69) is 10.1 Å². The van der Waals surface area contributed by atoms with E-state index in [1.54, 1.807) is 11.8 Å². The number of aliphatic hydroxyl groups excluding tert-OH is 1. The van der Waals surface area contributed by atoms with Crippen molar-refractivity contribution in [2.24, 2.45) is 0 Å². The second-order valence-corrected chi connectivity index (χ2v) is 4.62. The van der Waals surface area contributed by atoms with Crippen LogP contribution in [0.3, 0.4) is 0 Å². The van der Waals surface area contributed by atoms with E-state index < -0.39 is 0 Å². The van der Waals surface area contributed by atoms with Gasteiger partial charge in [-0.3, -0.25) is 0 Å². The van der Waals surface area contributed by atoms with Crippen LogP contribution in [0.1, 0.15) is 12.2 Å². The lowest BCUT2D eigenvalue weighted by molar-refractivity contribution is 0.296. The molecule has 1 aromatic carbocycles. The quantitative estimate of drug-likeness (QED) is 0.797. The number of nitrogens with zero attached hydrogens (tertiary/aromatic N) is 2. The van der Waals surface area contributed by atoms with Crippen molar-refractivity contribution >= 4 is 11.8 Å². The van der Waals surface area contributed by atoms with Crippen LogP contribution in [0.5, 0.6) is 0 Å². The van der Waals surface area contributed by atoms with Crippen molar-refractivity contribution in [2.75, 3.05) is 12.4 Å². The van der Waals surface area contributed by atoms with E-state index >= 15 is 0 Å². The minimum atomic E-state index is 0.231. The van der Waals surface area contributed by atoms with Gasteiger partial charge >= 0.3 is 0 Å². The highest BCUT2D eigenvalue weighted by Gasteiger charge is 2.07. The van der Waals surface area contributed by atoms with Crippen LogP contribution in [0.2, 0.25) is 0 Å². The summed E-state index contributed by atoms with van der Waals surface area (Å²) in [6, 6.07) is 9.71. The zero-order chi connectivity index (χ0) is 11.9. The third kappa shape index (κ3) is 3.57. The third-order valence-electron chi connectivity index (χ3n) is 2.17. The maximum atomic E-state index is 8.65. The van der Waals surface area contributed by atoms with Gasteiger partial charge in [-0.05, 0) is 24.3 Å². The predicted molar refractivity (Wildman–Crippen MR) is 67.6 cm³/mol. The molecule has 5 heteroatoms. The van der Waals surface area contributed by atoms with Gasteiger partial charge in [-0.2, -0.15) is 16.7 Å². The Balaban J connectivity index is 1.92. The van der Waals surface area contributed by atoms with E-state index in [4.69, 9.17) is 9.63 Å². The zero-order valence-corrected chi connectivity index (χ0v) is 10.2. The fraction of sp³-hybridized carbons (Fsp3) is 0.333. The first-order chi connectivity index (χ1) is 8.40. The summed E-state index contributed by atoms with van der Waals surface area (Å²) in [6.45, 7) is 0.231. The van der Waals surface area contributed by atoms with Crippen molar-refractivity contribution < 1.29 is 9.63 Å². The van der Waals surface area contributed by atoms with Crippen molar-refractivity contribution in [1.29, 1.82) is 0 Å². The average molecular weight is 250 g/mol. The average Bonchev–Trinajstić information content (AvgIpc) is 2.85. The Labute approximate surface area is 104 Å². The summed E-state index contributed by atoms with van der Waals surface area (Å²) in [5, 5.41) is 12.6. The SMILES string of the molecule is OCCCSCc1noc(-c2ccccc2)n1. The van der Waals surface area contributed by atoms with Gasteiger partial charge in [-0.1, -0.05) is 23.4 Å². The molecule has 0 spiro atoms. The molecule has 0 unspecified atom stereocenters. The van der Waals surface area contributed by atoms with Gasteiger partial charge < -0.3 is 9.63 Å². The minimum Gasteiger partial charge on any atom is -0.396 e. The number of aromatic nitrogens is 2. The Morgan fingerprint density at radius 3 is 2.82 bits per heavy atom. The van der Waals surface area contributed by atoms with Gasteiger partial charge in [0.05, 0.1) is 5.75 Å². The molecule has 0 saturated carbocycles. The fourth-order valence-corrected chi connectivity index (χ4v) is 2.12. The van der Waals surface area contributed by atoms with E-state index in [1.165, 1.54) is 0 Å². The van der Waals surface area contributed by atoms with Gasteiger partial charge in [0.1, 0.15) is 0 Å². The Kier molecular flexibility index (Phi) is 4.58. The lowest BCUT2D eigenvalue weighted by Crippen LogP contribution is -1.89. The number of hydrogen-bond acceptors (Lipinski definition) is 5. The molecular formula is C12H14N2O2S. The van der Waals surface area contributed by atoms with Crippen LogP contribution in [0.25, 0.3) is 11.5 Å². The first-order valence-corrected chi connectivity index (χ1v) is 6.62. The molecule has 0 aliphatic heterocycles. The number of hydrogen-bond donors (Lipinski definition) is 1. The molecule has 2 aromatic rings. The first kappa shape index (κ1) is 12.1. The molecule has 0 radical (unpaired) electrons. The second kappa shape index (κ2) is 6.42. The molecule has 1 N–H and O–H groups in total.